The zero-order valence-electron chi connectivity index (χ0n) is 16.6. The molecule has 3 heterocycles. The van der Waals surface area contributed by atoms with E-state index in [0.717, 1.165) is 16.8 Å². The first-order valence-electron chi connectivity index (χ1n) is 9.45. The second kappa shape index (κ2) is 8.81. The number of hydrogen-bond acceptors (Lipinski definition) is 6. The molecule has 0 aliphatic carbocycles. The summed E-state index contributed by atoms with van der Waals surface area (Å²) in [6.45, 7) is 1.62. The third-order valence-corrected chi connectivity index (χ3v) is 6.76. The summed E-state index contributed by atoms with van der Waals surface area (Å²) in [5.41, 5.74) is 3.23. The predicted octanol–water partition coefficient (Wildman–Crippen LogP) is 2.98. The van der Waals surface area contributed by atoms with Crippen molar-refractivity contribution in [3.63, 3.8) is 0 Å². The first-order chi connectivity index (χ1) is 15.0. The molecule has 0 atom stereocenters. The first-order valence-corrected chi connectivity index (χ1v) is 12.0. The lowest BCUT2D eigenvalue weighted by Crippen LogP contribution is -2.25. The number of nitrogens with one attached hydrogen (secondary N) is 1. The van der Waals surface area contributed by atoms with E-state index in [1.807, 2.05) is 41.8 Å². The fourth-order valence-electron chi connectivity index (χ4n) is 2.97. The van der Waals surface area contributed by atoms with Gasteiger partial charge in [-0.15, -0.1) is 11.3 Å². The van der Waals surface area contributed by atoms with Crippen LogP contribution in [0.15, 0.2) is 60.4 Å². The smallest absolute Gasteiger partial charge is 0.225 e. The van der Waals surface area contributed by atoms with E-state index in [0.29, 0.717) is 16.2 Å². The molecule has 0 unspecified atom stereocenters. The fraction of sp³-hybridized carbons (Fsp3) is 0.136. The van der Waals surface area contributed by atoms with Gasteiger partial charge in [0, 0.05) is 11.8 Å². The van der Waals surface area contributed by atoms with Crippen molar-refractivity contribution in [1.29, 1.82) is 0 Å². The van der Waals surface area contributed by atoms with Gasteiger partial charge in [-0.1, -0.05) is 30.0 Å². The molecule has 156 valence electrons. The molecule has 3 aromatic heterocycles. The van der Waals surface area contributed by atoms with Crippen molar-refractivity contribution in [2.24, 2.45) is 0 Å². The van der Waals surface area contributed by atoms with E-state index in [2.05, 4.69) is 26.5 Å². The Morgan fingerprint density at radius 1 is 1.19 bits per heavy atom. The van der Waals surface area contributed by atoms with Crippen LogP contribution < -0.4 is 4.72 Å². The summed E-state index contributed by atoms with van der Waals surface area (Å²) in [4.78, 5) is 22.0. The molecule has 4 rings (SSSR count). The van der Waals surface area contributed by atoms with Crippen LogP contribution in [0.5, 0.6) is 0 Å². The highest BCUT2D eigenvalue weighted by molar-refractivity contribution is 7.89. The van der Waals surface area contributed by atoms with E-state index in [1.54, 1.807) is 29.9 Å². The molecule has 31 heavy (non-hydrogen) atoms. The summed E-state index contributed by atoms with van der Waals surface area (Å²) in [6, 6.07) is 13.0. The van der Waals surface area contributed by atoms with Crippen molar-refractivity contribution in [2.75, 3.05) is 12.3 Å². The predicted molar refractivity (Wildman–Crippen MR) is 121 cm³/mol. The summed E-state index contributed by atoms with van der Waals surface area (Å²) in [5.74, 6) is 5.66. The summed E-state index contributed by atoms with van der Waals surface area (Å²) >= 11 is 1.37. The standard InChI is InChI=1S/C22H18N4O3S2/c1-2-31(28,29)25-11-4-7-16-6-3-8-17(14-16)18-10-12-23-22-20(24-15-26(18)22)21(27)19-9-5-13-30-19/h3,5-6,8-10,12-15,25H,2,11H2,1H3. The lowest BCUT2D eigenvalue weighted by atomic mass is 10.1. The summed E-state index contributed by atoms with van der Waals surface area (Å²) in [6.07, 6.45) is 3.24. The summed E-state index contributed by atoms with van der Waals surface area (Å²) in [7, 11) is -3.27. The van der Waals surface area contributed by atoms with Gasteiger partial charge in [-0.2, -0.15) is 0 Å². The van der Waals surface area contributed by atoms with E-state index in [9.17, 15) is 13.2 Å². The van der Waals surface area contributed by atoms with Gasteiger partial charge < -0.3 is 0 Å². The lowest BCUT2D eigenvalue weighted by Gasteiger charge is -2.06. The molecule has 0 radical (unpaired) electrons. The van der Waals surface area contributed by atoms with Crippen LogP contribution in [0.4, 0.5) is 0 Å². The minimum atomic E-state index is -3.27. The van der Waals surface area contributed by atoms with Crippen molar-refractivity contribution < 1.29 is 13.2 Å². The molecule has 1 aromatic carbocycles. The number of fused-ring (bicyclic) bond motifs is 1. The Bertz CT molecular complexity index is 1410. The Hall–Kier alpha value is -3.32. The number of thiophene rings is 1. The van der Waals surface area contributed by atoms with Crippen LogP contribution in [0.1, 0.15) is 27.9 Å². The van der Waals surface area contributed by atoms with Gasteiger partial charge in [0.1, 0.15) is 6.33 Å². The van der Waals surface area contributed by atoms with Crippen molar-refractivity contribution in [2.45, 2.75) is 6.92 Å². The van der Waals surface area contributed by atoms with Gasteiger partial charge in [-0.3, -0.25) is 9.20 Å². The van der Waals surface area contributed by atoms with Crippen molar-refractivity contribution in [1.82, 2.24) is 19.1 Å². The van der Waals surface area contributed by atoms with Gasteiger partial charge in [0.25, 0.3) is 0 Å². The Kier molecular flexibility index (Phi) is 5.95. The Labute approximate surface area is 183 Å². The molecule has 0 spiro atoms. The van der Waals surface area contributed by atoms with Crippen LogP contribution in [0.2, 0.25) is 0 Å². The van der Waals surface area contributed by atoms with Gasteiger partial charge in [0.05, 0.1) is 22.9 Å². The zero-order valence-corrected chi connectivity index (χ0v) is 18.2. The molecule has 1 N–H and O–H groups in total. The molecular weight excluding hydrogens is 432 g/mol. The number of rotatable bonds is 6. The van der Waals surface area contributed by atoms with Crippen LogP contribution in [-0.4, -0.2) is 40.9 Å². The molecule has 0 fully saturated rings. The van der Waals surface area contributed by atoms with Gasteiger partial charge in [-0.05, 0) is 42.1 Å². The molecule has 0 aliphatic heterocycles. The number of imidazole rings is 1. The van der Waals surface area contributed by atoms with Crippen LogP contribution >= 0.6 is 11.3 Å². The van der Waals surface area contributed by atoms with Crippen LogP contribution in [-0.2, 0) is 10.0 Å². The van der Waals surface area contributed by atoms with Gasteiger partial charge in [-0.25, -0.2) is 23.1 Å². The number of sulfonamides is 1. The fourth-order valence-corrected chi connectivity index (χ4v) is 4.13. The number of benzene rings is 1. The molecule has 0 saturated heterocycles. The molecule has 0 bridgehead atoms. The molecular formula is C22H18N4O3S2. The maximum Gasteiger partial charge on any atom is 0.225 e. The molecule has 0 amide bonds. The summed E-state index contributed by atoms with van der Waals surface area (Å²) in [5, 5.41) is 1.85. The number of carbonyl (C=O) groups excluding carboxylic acids is 1. The summed E-state index contributed by atoms with van der Waals surface area (Å²) < 4.78 is 27.2. The maximum absolute atomic E-state index is 12.8. The molecule has 7 nitrogen and oxygen atoms in total. The number of ketones is 1. The second-order valence-electron chi connectivity index (χ2n) is 6.53. The second-order valence-corrected chi connectivity index (χ2v) is 9.57. The highest BCUT2D eigenvalue weighted by Gasteiger charge is 2.19. The van der Waals surface area contributed by atoms with Crippen molar-refractivity contribution >= 4 is 32.8 Å². The lowest BCUT2D eigenvalue weighted by molar-refractivity contribution is 0.103. The number of aromatic nitrogens is 3. The Morgan fingerprint density at radius 2 is 2.06 bits per heavy atom. The number of hydrogen-bond donors (Lipinski definition) is 1. The minimum absolute atomic E-state index is 0.0179. The minimum Gasteiger partial charge on any atom is -0.286 e. The van der Waals surface area contributed by atoms with E-state index in [1.165, 1.54) is 11.3 Å². The van der Waals surface area contributed by atoms with Crippen LogP contribution in [0, 0.1) is 11.8 Å². The van der Waals surface area contributed by atoms with Crippen LogP contribution in [0.3, 0.4) is 0 Å². The van der Waals surface area contributed by atoms with E-state index < -0.39 is 10.0 Å². The third kappa shape index (κ3) is 4.56. The zero-order chi connectivity index (χ0) is 21.8. The molecule has 0 saturated carbocycles. The van der Waals surface area contributed by atoms with E-state index >= 15 is 0 Å². The average molecular weight is 451 g/mol. The third-order valence-electron chi connectivity index (χ3n) is 4.54. The van der Waals surface area contributed by atoms with Gasteiger partial charge >= 0.3 is 0 Å². The van der Waals surface area contributed by atoms with Crippen molar-refractivity contribution in [3.05, 3.63) is 76.5 Å². The van der Waals surface area contributed by atoms with Crippen molar-refractivity contribution in [3.8, 4) is 23.1 Å². The SMILES string of the molecule is CCS(=O)(=O)NCC#Cc1cccc(-c2ccnc3c(C(=O)c4cccs4)ncn23)c1. The highest BCUT2D eigenvalue weighted by Crippen LogP contribution is 2.24. The first kappa shape index (κ1) is 20.9. The number of carbonyl (C=O) groups is 1. The highest BCUT2D eigenvalue weighted by atomic mass is 32.2. The Balaban J connectivity index is 1.64. The quantitative estimate of drug-likeness (QED) is 0.360. The van der Waals surface area contributed by atoms with Crippen LogP contribution in [0.25, 0.3) is 16.9 Å². The number of nitrogens with zero attached hydrogens (tertiary/aromatic N) is 3. The molecule has 0 aliphatic rings. The topological polar surface area (TPSA) is 93.4 Å². The molecule has 4 aromatic rings. The monoisotopic (exact) mass is 450 g/mol. The van der Waals surface area contributed by atoms with E-state index in [-0.39, 0.29) is 18.1 Å². The van der Waals surface area contributed by atoms with Gasteiger partial charge in [0.15, 0.2) is 11.3 Å². The maximum atomic E-state index is 12.8. The average Bonchev–Trinajstić information content (AvgIpc) is 3.46. The Morgan fingerprint density at radius 3 is 2.84 bits per heavy atom. The van der Waals surface area contributed by atoms with E-state index in [4.69, 9.17) is 0 Å². The normalized spacial score (nSPS) is 11.3. The van der Waals surface area contributed by atoms with Gasteiger partial charge in [0.2, 0.25) is 15.8 Å². The molecule has 9 heteroatoms. The largest absolute Gasteiger partial charge is 0.286 e.